The molecular weight excluding hydrogens is 318 g/mol. The number of aromatic amines is 1. The average molecular weight is 343 g/mol. The van der Waals surface area contributed by atoms with Crippen LogP contribution in [0.3, 0.4) is 0 Å². The van der Waals surface area contributed by atoms with Gasteiger partial charge >= 0.3 is 0 Å². The van der Waals surface area contributed by atoms with E-state index >= 15 is 0 Å². The largest absolute Gasteiger partial charge is 0.486 e. The minimum absolute atomic E-state index is 0.257. The fraction of sp³-hybridized carbons (Fsp3) is 0.526. The zero-order valence-corrected chi connectivity index (χ0v) is 14.3. The van der Waals surface area contributed by atoms with Crippen molar-refractivity contribution < 1.29 is 14.6 Å². The summed E-state index contributed by atoms with van der Waals surface area (Å²) in [5.41, 5.74) is 3.07. The highest BCUT2D eigenvalue weighted by Crippen LogP contribution is 2.34. The van der Waals surface area contributed by atoms with Gasteiger partial charge in [-0.3, -0.25) is 5.10 Å². The van der Waals surface area contributed by atoms with Gasteiger partial charge < -0.3 is 19.9 Å². The SMILES string of the molecule is OC(CNCc1cn[nH]c1-c1ccc2c(c1)OCCO2)C1CCCC1. The van der Waals surface area contributed by atoms with Crippen LogP contribution in [0.4, 0.5) is 0 Å². The highest BCUT2D eigenvalue weighted by molar-refractivity contribution is 5.66. The molecular formula is C19H25N3O3. The lowest BCUT2D eigenvalue weighted by atomic mass is 10.0. The maximum absolute atomic E-state index is 10.3. The molecule has 1 atom stereocenters. The predicted molar refractivity (Wildman–Crippen MR) is 94.7 cm³/mol. The van der Waals surface area contributed by atoms with Crippen LogP contribution in [-0.4, -0.2) is 41.2 Å². The number of hydrogen-bond donors (Lipinski definition) is 3. The van der Waals surface area contributed by atoms with E-state index < -0.39 is 0 Å². The molecule has 1 aliphatic carbocycles. The first-order chi connectivity index (χ1) is 12.3. The van der Waals surface area contributed by atoms with Crippen LogP contribution in [-0.2, 0) is 6.54 Å². The zero-order chi connectivity index (χ0) is 17.1. The van der Waals surface area contributed by atoms with E-state index in [2.05, 4.69) is 15.5 Å². The van der Waals surface area contributed by atoms with E-state index in [0.29, 0.717) is 32.2 Å². The Morgan fingerprint density at radius 2 is 2.00 bits per heavy atom. The topological polar surface area (TPSA) is 79.4 Å². The number of hydrogen-bond acceptors (Lipinski definition) is 5. The number of aliphatic hydroxyl groups excluding tert-OH is 1. The van der Waals surface area contributed by atoms with E-state index in [1.54, 1.807) is 0 Å². The highest BCUT2D eigenvalue weighted by Gasteiger charge is 2.22. The van der Waals surface area contributed by atoms with Crippen LogP contribution >= 0.6 is 0 Å². The Labute approximate surface area is 147 Å². The molecule has 0 spiro atoms. The first-order valence-corrected chi connectivity index (χ1v) is 9.12. The molecule has 4 rings (SSSR count). The fourth-order valence-corrected chi connectivity index (χ4v) is 3.76. The fourth-order valence-electron chi connectivity index (χ4n) is 3.76. The van der Waals surface area contributed by atoms with Gasteiger partial charge in [-0.1, -0.05) is 12.8 Å². The minimum atomic E-state index is -0.257. The molecule has 1 aromatic heterocycles. The number of aliphatic hydroxyl groups is 1. The first kappa shape index (κ1) is 16.4. The molecule has 0 bridgehead atoms. The lowest BCUT2D eigenvalue weighted by molar-refractivity contribution is 0.109. The standard InChI is InChI=1S/C19H25N3O3/c23-16(13-3-1-2-4-13)12-20-10-15-11-21-22-19(15)14-5-6-17-18(9-14)25-8-7-24-17/h5-6,9,11,13,16,20,23H,1-4,7-8,10,12H2,(H,21,22). The molecule has 0 radical (unpaired) electrons. The molecule has 2 heterocycles. The Morgan fingerprint density at radius 1 is 1.20 bits per heavy atom. The third kappa shape index (κ3) is 3.65. The van der Waals surface area contributed by atoms with Crippen LogP contribution < -0.4 is 14.8 Å². The molecule has 1 fully saturated rings. The summed E-state index contributed by atoms with van der Waals surface area (Å²) < 4.78 is 11.2. The molecule has 6 heteroatoms. The molecule has 3 N–H and O–H groups in total. The lowest BCUT2D eigenvalue weighted by Gasteiger charge is -2.19. The second-order valence-corrected chi connectivity index (χ2v) is 6.87. The number of fused-ring (bicyclic) bond motifs is 1. The van der Waals surface area contributed by atoms with Crippen molar-refractivity contribution in [2.24, 2.45) is 5.92 Å². The molecule has 0 amide bonds. The third-order valence-electron chi connectivity index (χ3n) is 5.16. The van der Waals surface area contributed by atoms with Crippen molar-refractivity contribution in [2.45, 2.75) is 38.3 Å². The number of nitrogens with one attached hydrogen (secondary N) is 2. The van der Waals surface area contributed by atoms with E-state index in [9.17, 15) is 5.11 Å². The Hall–Kier alpha value is -2.05. The Kier molecular flexibility index (Phi) is 4.90. The molecule has 134 valence electrons. The number of nitrogens with zero attached hydrogens (tertiary/aromatic N) is 1. The summed E-state index contributed by atoms with van der Waals surface area (Å²) in [5, 5.41) is 20.9. The number of H-pyrrole nitrogens is 1. The summed E-state index contributed by atoms with van der Waals surface area (Å²) in [6.07, 6.45) is 6.37. The Balaban J connectivity index is 1.40. The van der Waals surface area contributed by atoms with Gasteiger partial charge in [-0.2, -0.15) is 5.10 Å². The van der Waals surface area contributed by atoms with Gasteiger partial charge in [-0.15, -0.1) is 0 Å². The molecule has 6 nitrogen and oxygen atoms in total. The second-order valence-electron chi connectivity index (χ2n) is 6.87. The molecule has 25 heavy (non-hydrogen) atoms. The van der Waals surface area contributed by atoms with Gasteiger partial charge in [0.15, 0.2) is 11.5 Å². The van der Waals surface area contributed by atoms with E-state index in [1.807, 2.05) is 24.4 Å². The van der Waals surface area contributed by atoms with Crippen LogP contribution in [0.2, 0.25) is 0 Å². The van der Waals surface area contributed by atoms with Gasteiger partial charge in [0, 0.05) is 24.2 Å². The second kappa shape index (κ2) is 7.45. The first-order valence-electron chi connectivity index (χ1n) is 9.12. The maximum atomic E-state index is 10.3. The summed E-state index contributed by atoms with van der Waals surface area (Å²) in [6, 6.07) is 5.93. The average Bonchev–Trinajstić information content (AvgIpc) is 3.33. The molecule has 2 aliphatic rings. The lowest BCUT2D eigenvalue weighted by Crippen LogP contribution is -2.31. The van der Waals surface area contributed by atoms with Gasteiger partial charge in [-0.25, -0.2) is 0 Å². The highest BCUT2D eigenvalue weighted by atomic mass is 16.6. The molecule has 1 saturated carbocycles. The normalized spacial score (nSPS) is 18.4. The predicted octanol–water partition coefficient (Wildman–Crippen LogP) is 2.49. The van der Waals surface area contributed by atoms with Crippen LogP contribution in [0.1, 0.15) is 31.2 Å². The van der Waals surface area contributed by atoms with Crippen molar-refractivity contribution in [3.05, 3.63) is 30.0 Å². The third-order valence-corrected chi connectivity index (χ3v) is 5.16. The van der Waals surface area contributed by atoms with Gasteiger partial charge in [0.2, 0.25) is 0 Å². The molecule has 1 aliphatic heterocycles. The summed E-state index contributed by atoms with van der Waals surface area (Å²) in [5.74, 6) is 2.01. The van der Waals surface area contributed by atoms with Crippen molar-refractivity contribution in [3.8, 4) is 22.8 Å². The summed E-state index contributed by atoms with van der Waals surface area (Å²) in [4.78, 5) is 0. The monoisotopic (exact) mass is 343 g/mol. The molecule has 1 aromatic carbocycles. The number of rotatable bonds is 6. The number of benzene rings is 1. The van der Waals surface area contributed by atoms with Crippen molar-refractivity contribution >= 4 is 0 Å². The van der Waals surface area contributed by atoms with Crippen LogP contribution in [0.25, 0.3) is 11.3 Å². The van der Waals surface area contributed by atoms with Crippen molar-refractivity contribution in [3.63, 3.8) is 0 Å². The molecule has 2 aromatic rings. The smallest absolute Gasteiger partial charge is 0.162 e. The van der Waals surface area contributed by atoms with Crippen molar-refractivity contribution in [2.75, 3.05) is 19.8 Å². The maximum Gasteiger partial charge on any atom is 0.162 e. The van der Waals surface area contributed by atoms with Crippen LogP contribution in [0, 0.1) is 5.92 Å². The molecule has 1 unspecified atom stereocenters. The van der Waals surface area contributed by atoms with E-state index in [1.165, 1.54) is 12.8 Å². The number of aromatic nitrogens is 2. The van der Waals surface area contributed by atoms with Gasteiger partial charge in [0.1, 0.15) is 13.2 Å². The quantitative estimate of drug-likeness (QED) is 0.751. The van der Waals surface area contributed by atoms with Gasteiger partial charge in [0.25, 0.3) is 0 Å². The summed E-state index contributed by atoms with van der Waals surface area (Å²) in [7, 11) is 0. The number of ether oxygens (including phenoxy) is 2. The van der Waals surface area contributed by atoms with Gasteiger partial charge in [-0.05, 0) is 37.0 Å². The van der Waals surface area contributed by atoms with Crippen LogP contribution in [0.15, 0.2) is 24.4 Å². The summed E-state index contributed by atoms with van der Waals surface area (Å²) in [6.45, 7) is 2.46. The van der Waals surface area contributed by atoms with Gasteiger partial charge in [0.05, 0.1) is 18.0 Å². The van der Waals surface area contributed by atoms with Crippen molar-refractivity contribution in [1.82, 2.24) is 15.5 Å². The minimum Gasteiger partial charge on any atom is -0.486 e. The Morgan fingerprint density at radius 3 is 2.84 bits per heavy atom. The summed E-state index contributed by atoms with van der Waals surface area (Å²) >= 11 is 0. The van der Waals surface area contributed by atoms with E-state index in [4.69, 9.17) is 9.47 Å². The van der Waals surface area contributed by atoms with Crippen molar-refractivity contribution in [1.29, 1.82) is 0 Å². The van der Waals surface area contributed by atoms with Crippen LogP contribution in [0.5, 0.6) is 11.5 Å². The Bertz CT molecular complexity index is 710. The zero-order valence-electron chi connectivity index (χ0n) is 14.3. The van der Waals surface area contributed by atoms with E-state index in [0.717, 1.165) is 41.2 Å². The molecule has 0 saturated heterocycles. The van der Waals surface area contributed by atoms with E-state index in [-0.39, 0.29) is 6.10 Å².